The van der Waals surface area contributed by atoms with E-state index in [1.165, 1.54) is 0 Å². The molecule has 4 rings (SSSR count). The zero-order valence-corrected chi connectivity index (χ0v) is 12.2. The number of halogens is 2. The van der Waals surface area contributed by atoms with Crippen molar-refractivity contribution in [2.24, 2.45) is 0 Å². The number of aliphatic hydroxyl groups excluding tert-OH is 1. The minimum Gasteiger partial charge on any atom is -0.441 e. The van der Waals surface area contributed by atoms with Crippen molar-refractivity contribution in [1.29, 1.82) is 0 Å². The average Bonchev–Trinajstić information content (AvgIpc) is 3.21. The Morgan fingerprint density at radius 1 is 1.22 bits per heavy atom. The Kier molecular flexibility index (Phi) is 3.38. The Morgan fingerprint density at radius 3 is 2.48 bits per heavy atom. The molecule has 3 heterocycles. The highest BCUT2D eigenvalue weighted by molar-refractivity contribution is 5.90. The van der Waals surface area contributed by atoms with Crippen LogP contribution in [0.5, 0.6) is 0 Å². The Bertz CT molecular complexity index is 633. The van der Waals surface area contributed by atoms with E-state index in [0.717, 1.165) is 29.9 Å². The van der Waals surface area contributed by atoms with E-state index in [9.17, 15) is 13.6 Å². The third-order valence-corrected chi connectivity index (χ3v) is 4.51. The Hall–Kier alpha value is -1.93. The second-order valence-electron chi connectivity index (χ2n) is 6.00. The number of fused-ring (bicyclic) bond motifs is 2. The SMILES string of the molecule is O=C1OC(CO)CN1c1cc(F)c(N2CC3CCC2O3)c(F)c1. The number of amides is 1. The summed E-state index contributed by atoms with van der Waals surface area (Å²) in [5, 5.41) is 9.03. The second kappa shape index (κ2) is 5.31. The molecule has 124 valence electrons. The van der Waals surface area contributed by atoms with Crippen LogP contribution < -0.4 is 9.80 Å². The zero-order valence-electron chi connectivity index (χ0n) is 12.2. The van der Waals surface area contributed by atoms with Gasteiger partial charge in [-0.2, -0.15) is 0 Å². The number of ether oxygens (including phenoxy) is 2. The summed E-state index contributed by atoms with van der Waals surface area (Å²) in [5.74, 6) is -1.48. The van der Waals surface area contributed by atoms with Crippen LogP contribution in [0.4, 0.5) is 25.0 Å². The number of cyclic esters (lactones) is 1. The maximum atomic E-state index is 14.5. The predicted octanol–water partition coefficient (Wildman–Crippen LogP) is 1.61. The van der Waals surface area contributed by atoms with Gasteiger partial charge in [-0.25, -0.2) is 13.6 Å². The summed E-state index contributed by atoms with van der Waals surface area (Å²) < 4.78 is 39.5. The molecule has 0 saturated carbocycles. The van der Waals surface area contributed by atoms with Crippen molar-refractivity contribution in [3.63, 3.8) is 0 Å². The van der Waals surface area contributed by atoms with Gasteiger partial charge in [0.15, 0.2) is 11.6 Å². The highest BCUT2D eigenvalue weighted by Gasteiger charge is 2.41. The number of hydrogen-bond acceptors (Lipinski definition) is 5. The van der Waals surface area contributed by atoms with Crippen molar-refractivity contribution in [1.82, 2.24) is 0 Å². The number of nitrogens with zero attached hydrogens (tertiary/aromatic N) is 2. The van der Waals surface area contributed by atoms with Crippen LogP contribution in [0.1, 0.15) is 12.8 Å². The first-order valence-corrected chi connectivity index (χ1v) is 7.57. The fourth-order valence-electron chi connectivity index (χ4n) is 3.43. The minimum absolute atomic E-state index is 0.0253. The molecule has 3 aliphatic rings. The molecule has 1 aromatic rings. The number of piperidine rings is 1. The summed E-state index contributed by atoms with van der Waals surface area (Å²) in [5.41, 5.74) is -0.0396. The van der Waals surface area contributed by atoms with E-state index in [0.29, 0.717) is 6.54 Å². The van der Waals surface area contributed by atoms with E-state index < -0.39 is 23.8 Å². The third-order valence-electron chi connectivity index (χ3n) is 4.51. The molecule has 1 amide bonds. The van der Waals surface area contributed by atoms with Gasteiger partial charge in [0.05, 0.1) is 24.9 Å². The van der Waals surface area contributed by atoms with Gasteiger partial charge in [-0.05, 0) is 12.8 Å². The largest absolute Gasteiger partial charge is 0.441 e. The monoisotopic (exact) mass is 326 g/mol. The number of aliphatic hydroxyl groups is 1. The van der Waals surface area contributed by atoms with E-state index in [1.807, 2.05) is 0 Å². The fourth-order valence-corrected chi connectivity index (χ4v) is 3.43. The number of benzene rings is 1. The number of anilines is 2. The summed E-state index contributed by atoms with van der Waals surface area (Å²) in [6.45, 7) is 0.195. The molecule has 0 radical (unpaired) electrons. The van der Waals surface area contributed by atoms with Crippen LogP contribution >= 0.6 is 0 Å². The van der Waals surface area contributed by atoms with Crippen LogP contribution in [-0.2, 0) is 9.47 Å². The molecular weight excluding hydrogens is 310 g/mol. The molecule has 1 N–H and O–H groups in total. The topological polar surface area (TPSA) is 62.2 Å². The molecule has 0 aliphatic carbocycles. The Labute approximate surface area is 131 Å². The van der Waals surface area contributed by atoms with E-state index >= 15 is 0 Å². The lowest BCUT2D eigenvalue weighted by Gasteiger charge is -2.27. The lowest BCUT2D eigenvalue weighted by atomic mass is 10.1. The fraction of sp³-hybridized carbons (Fsp3) is 0.533. The smallest absolute Gasteiger partial charge is 0.414 e. The molecule has 8 heteroatoms. The molecule has 23 heavy (non-hydrogen) atoms. The van der Waals surface area contributed by atoms with Crippen molar-refractivity contribution in [3.8, 4) is 0 Å². The minimum atomic E-state index is -0.739. The number of carbonyl (C=O) groups excluding carboxylic acids is 1. The van der Waals surface area contributed by atoms with E-state index in [-0.39, 0.29) is 36.9 Å². The molecule has 3 fully saturated rings. The van der Waals surface area contributed by atoms with Crippen LogP contribution in [0, 0.1) is 11.6 Å². The van der Waals surface area contributed by atoms with Crippen LogP contribution in [0.3, 0.4) is 0 Å². The Morgan fingerprint density at radius 2 is 1.96 bits per heavy atom. The zero-order chi connectivity index (χ0) is 16.1. The number of carbonyl (C=O) groups is 1. The van der Waals surface area contributed by atoms with Crippen molar-refractivity contribution < 1.29 is 28.2 Å². The molecule has 3 unspecified atom stereocenters. The summed E-state index contributed by atoms with van der Waals surface area (Å²) >= 11 is 0. The number of rotatable bonds is 3. The molecule has 0 aromatic heterocycles. The van der Waals surface area contributed by atoms with Gasteiger partial charge in [-0.3, -0.25) is 4.90 Å². The van der Waals surface area contributed by atoms with E-state index in [4.69, 9.17) is 14.6 Å². The van der Waals surface area contributed by atoms with Crippen molar-refractivity contribution in [2.45, 2.75) is 31.3 Å². The maximum absolute atomic E-state index is 14.5. The molecule has 2 bridgehead atoms. The van der Waals surface area contributed by atoms with Gasteiger partial charge in [-0.1, -0.05) is 0 Å². The third kappa shape index (κ3) is 2.33. The van der Waals surface area contributed by atoms with Gasteiger partial charge in [0.1, 0.15) is 18.0 Å². The summed E-state index contributed by atoms with van der Waals surface area (Å²) in [7, 11) is 0. The van der Waals surface area contributed by atoms with Gasteiger partial charge in [0.2, 0.25) is 0 Å². The molecule has 3 atom stereocenters. The second-order valence-corrected chi connectivity index (χ2v) is 6.00. The summed E-state index contributed by atoms with van der Waals surface area (Å²) in [6.07, 6.45) is -0.00930. The predicted molar refractivity (Wildman–Crippen MR) is 76.3 cm³/mol. The van der Waals surface area contributed by atoms with E-state index in [2.05, 4.69) is 0 Å². The van der Waals surface area contributed by atoms with Gasteiger partial charge >= 0.3 is 6.09 Å². The average molecular weight is 326 g/mol. The van der Waals surface area contributed by atoms with Gasteiger partial charge in [-0.15, -0.1) is 0 Å². The molecule has 1 aromatic carbocycles. The van der Waals surface area contributed by atoms with Crippen molar-refractivity contribution >= 4 is 17.5 Å². The van der Waals surface area contributed by atoms with Crippen LogP contribution in [0.25, 0.3) is 0 Å². The van der Waals surface area contributed by atoms with Gasteiger partial charge in [0.25, 0.3) is 0 Å². The molecular formula is C15H16F2N2O4. The van der Waals surface area contributed by atoms with Crippen LogP contribution in [0.2, 0.25) is 0 Å². The highest BCUT2D eigenvalue weighted by atomic mass is 19.1. The molecule has 0 spiro atoms. The lowest BCUT2D eigenvalue weighted by Crippen LogP contribution is -2.34. The highest BCUT2D eigenvalue weighted by Crippen LogP contribution is 2.39. The first kappa shape index (κ1) is 14.6. The summed E-state index contributed by atoms with van der Waals surface area (Å²) in [6, 6.07) is 2.23. The Balaban J connectivity index is 1.63. The van der Waals surface area contributed by atoms with Crippen LogP contribution in [0.15, 0.2) is 12.1 Å². The van der Waals surface area contributed by atoms with E-state index in [1.54, 1.807) is 4.90 Å². The lowest BCUT2D eigenvalue weighted by molar-refractivity contribution is 0.0963. The quantitative estimate of drug-likeness (QED) is 0.914. The molecule has 3 saturated heterocycles. The van der Waals surface area contributed by atoms with Crippen molar-refractivity contribution in [3.05, 3.63) is 23.8 Å². The first-order valence-electron chi connectivity index (χ1n) is 7.57. The standard InChI is InChI=1S/C15H16F2N2O4/c16-11-3-8(18-6-10(7-20)23-15(18)21)4-12(17)14(11)19-5-9-1-2-13(19)22-9/h3-4,9-10,13,20H,1-2,5-7H2. The normalized spacial score (nSPS) is 29.5. The molecule has 6 nitrogen and oxygen atoms in total. The molecule has 3 aliphatic heterocycles. The first-order chi connectivity index (χ1) is 11.1. The summed E-state index contributed by atoms with van der Waals surface area (Å²) in [4.78, 5) is 14.4. The van der Waals surface area contributed by atoms with Gasteiger partial charge < -0.3 is 19.5 Å². The van der Waals surface area contributed by atoms with Gasteiger partial charge in [0, 0.05) is 18.7 Å². The number of hydrogen-bond donors (Lipinski definition) is 1. The van der Waals surface area contributed by atoms with Crippen LogP contribution in [-0.4, -0.2) is 49.3 Å². The maximum Gasteiger partial charge on any atom is 0.414 e. The van der Waals surface area contributed by atoms with Crippen molar-refractivity contribution in [2.75, 3.05) is 29.5 Å².